The lowest BCUT2D eigenvalue weighted by atomic mass is 10.00. The number of benzene rings is 1. The van der Waals surface area contributed by atoms with Gasteiger partial charge in [-0.25, -0.2) is 0 Å². The molecule has 2 aromatic rings. The molecule has 5 rings (SSSR count). The van der Waals surface area contributed by atoms with Crippen LogP contribution in [0.15, 0.2) is 22.7 Å². The first kappa shape index (κ1) is 18.2. The maximum atomic E-state index is 12.1. The van der Waals surface area contributed by atoms with Crippen molar-refractivity contribution in [2.45, 2.75) is 45.2 Å². The predicted octanol–water partition coefficient (Wildman–Crippen LogP) is 3.60. The van der Waals surface area contributed by atoms with E-state index >= 15 is 0 Å². The van der Waals surface area contributed by atoms with Crippen LogP contribution in [0, 0.1) is 0 Å². The molecule has 1 aromatic carbocycles. The van der Waals surface area contributed by atoms with Gasteiger partial charge in [-0.15, -0.1) is 0 Å². The minimum atomic E-state index is 0.136. The van der Waals surface area contributed by atoms with Gasteiger partial charge >= 0.3 is 0 Å². The van der Waals surface area contributed by atoms with Crippen molar-refractivity contribution in [2.75, 3.05) is 31.2 Å². The van der Waals surface area contributed by atoms with E-state index in [2.05, 4.69) is 43.7 Å². The molecule has 4 heterocycles. The fourth-order valence-electron chi connectivity index (χ4n) is 4.72. The Labute approximate surface area is 173 Å². The first-order valence-corrected chi connectivity index (χ1v) is 10.9. The molecule has 0 saturated carbocycles. The van der Waals surface area contributed by atoms with Crippen LogP contribution < -0.4 is 4.90 Å². The molecule has 1 saturated heterocycles. The van der Waals surface area contributed by atoms with E-state index in [1.165, 1.54) is 22.5 Å². The first-order chi connectivity index (χ1) is 13.6. The Morgan fingerprint density at radius 1 is 1.29 bits per heavy atom. The lowest BCUT2D eigenvalue weighted by molar-refractivity contribution is -0.129. The summed E-state index contributed by atoms with van der Waals surface area (Å²) in [6.45, 7) is 5.57. The van der Waals surface area contributed by atoms with Crippen LogP contribution in [0.4, 0.5) is 11.5 Å². The highest BCUT2D eigenvalue weighted by atomic mass is 79.9. The van der Waals surface area contributed by atoms with Crippen molar-refractivity contribution in [3.05, 3.63) is 39.5 Å². The summed E-state index contributed by atoms with van der Waals surface area (Å²) in [6.07, 6.45) is 4.06. The SMILES string of the molecule is CC(=O)N1CCc2c(c(N3CCCc4cc(Br)ccc43)nn2[C@H]2CCOC2)C1. The van der Waals surface area contributed by atoms with Crippen LogP contribution >= 0.6 is 15.9 Å². The maximum absolute atomic E-state index is 12.1. The largest absolute Gasteiger partial charge is 0.379 e. The van der Waals surface area contributed by atoms with Gasteiger partial charge in [0.1, 0.15) is 0 Å². The van der Waals surface area contributed by atoms with Crippen LogP contribution in [-0.2, 0) is 28.9 Å². The molecule has 3 aliphatic rings. The Bertz CT molecular complexity index is 919. The van der Waals surface area contributed by atoms with Crippen molar-refractivity contribution in [3.63, 3.8) is 0 Å². The van der Waals surface area contributed by atoms with Gasteiger partial charge in [-0.05, 0) is 43.0 Å². The van der Waals surface area contributed by atoms with Crippen LogP contribution in [0.3, 0.4) is 0 Å². The second-order valence-corrected chi connectivity index (χ2v) is 8.85. The number of ether oxygens (including phenoxy) is 1. The van der Waals surface area contributed by atoms with Crippen LogP contribution in [0.25, 0.3) is 0 Å². The number of carbonyl (C=O) groups excluding carboxylic acids is 1. The Hall–Kier alpha value is -1.86. The van der Waals surface area contributed by atoms with Crippen molar-refractivity contribution >= 4 is 33.3 Å². The van der Waals surface area contributed by atoms with Gasteiger partial charge in [-0.1, -0.05) is 15.9 Å². The van der Waals surface area contributed by atoms with Gasteiger partial charge < -0.3 is 14.5 Å². The van der Waals surface area contributed by atoms with E-state index < -0.39 is 0 Å². The molecule has 3 aliphatic heterocycles. The highest BCUT2D eigenvalue weighted by Crippen LogP contribution is 2.39. The summed E-state index contributed by atoms with van der Waals surface area (Å²) in [5.74, 6) is 1.16. The number of hydrogen-bond donors (Lipinski definition) is 0. The molecule has 0 N–H and O–H groups in total. The number of nitrogens with zero attached hydrogens (tertiary/aromatic N) is 4. The van der Waals surface area contributed by atoms with Crippen molar-refractivity contribution in [2.24, 2.45) is 0 Å². The zero-order valence-corrected chi connectivity index (χ0v) is 17.7. The zero-order chi connectivity index (χ0) is 19.3. The second kappa shape index (κ2) is 7.19. The fraction of sp³-hybridized carbons (Fsp3) is 0.524. The van der Waals surface area contributed by atoms with E-state index in [1.807, 2.05) is 4.90 Å². The van der Waals surface area contributed by atoms with E-state index in [0.717, 1.165) is 62.3 Å². The van der Waals surface area contributed by atoms with E-state index in [0.29, 0.717) is 12.6 Å². The summed E-state index contributed by atoms with van der Waals surface area (Å²) < 4.78 is 8.97. The van der Waals surface area contributed by atoms with Crippen molar-refractivity contribution in [3.8, 4) is 0 Å². The first-order valence-electron chi connectivity index (χ1n) is 10.1. The third-order valence-corrected chi connectivity index (χ3v) is 6.67. The molecule has 0 radical (unpaired) electrons. The van der Waals surface area contributed by atoms with Gasteiger partial charge in [0.2, 0.25) is 5.91 Å². The van der Waals surface area contributed by atoms with Gasteiger partial charge in [-0.2, -0.15) is 5.10 Å². The second-order valence-electron chi connectivity index (χ2n) is 7.93. The van der Waals surface area contributed by atoms with E-state index in [-0.39, 0.29) is 5.91 Å². The number of fused-ring (bicyclic) bond motifs is 2. The maximum Gasteiger partial charge on any atom is 0.219 e. The normalized spacial score (nSPS) is 21.6. The molecule has 28 heavy (non-hydrogen) atoms. The minimum absolute atomic E-state index is 0.136. The number of anilines is 2. The van der Waals surface area contributed by atoms with Crippen LogP contribution in [0.5, 0.6) is 0 Å². The molecular weight excluding hydrogens is 420 g/mol. The van der Waals surface area contributed by atoms with Gasteiger partial charge in [0.05, 0.1) is 19.2 Å². The highest BCUT2D eigenvalue weighted by molar-refractivity contribution is 9.10. The third kappa shape index (κ3) is 3.05. The molecule has 0 unspecified atom stereocenters. The Morgan fingerprint density at radius 2 is 2.18 bits per heavy atom. The molecule has 1 atom stereocenters. The van der Waals surface area contributed by atoms with Gasteiger partial charge in [0.25, 0.3) is 0 Å². The lowest BCUT2D eigenvalue weighted by Crippen LogP contribution is -2.35. The monoisotopic (exact) mass is 444 g/mol. The summed E-state index contributed by atoms with van der Waals surface area (Å²) in [5.41, 5.74) is 5.09. The van der Waals surface area contributed by atoms with E-state index in [9.17, 15) is 4.79 Å². The predicted molar refractivity (Wildman–Crippen MR) is 111 cm³/mol. The van der Waals surface area contributed by atoms with Crippen molar-refractivity contribution in [1.82, 2.24) is 14.7 Å². The molecule has 0 aliphatic carbocycles. The van der Waals surface area contributed by atoms with E-state index in [1.54, 1.807) is 6.92 Å². The number of aryl methyl sites for hydroxylation is 1. The summed E-state index contributed by atoms with van der Waals surface area (Å²) in [4.78, 5) is 16.4. The molecule has 6 nitrogen and oxygen atoms in total. The third-order valence-electron chi connectivity index (χ3n) is 6.18. The number of aromatic nitrogens is 2. The highest BCUT2D eigenvalue weighted by Gasteiger charge is 2.33. The summed E-state index contributed by atoms with van der Waals surface area (Å²) >= 11 is 3.60. The van der Waals surface area contributed by atoms with Crippen LogP contribution in [0.1, 0.15) is 42.6 Å². The Kier molecular flexibility index (Phi) is 4.67. The van der Waals surface area contributed by atoms with Gasteiger partial charge in [0, 0.05) is 54.5 Å². The van der Waals surface area contributed by atoms with Crippen LogP contribution in [0.2, 0.25) is 0 Å². The quantitative estimate of drug-likeness (QED) is 0.709. The number of rotatable bonds is 2. The molecule has 0 bridgehead atoms. The molecule has 7 heteroatoms. The molecule has 1 amide bonds. The molecular formula is C21H25BrN4O2. The average molecular weight is 445 g/mol. The smallest absolute Gasteiger partial charge is 0.219 e. The number of amides is 1. The Balaban J connectivity index is 1.61. The van der Waals surface area contributed by atoms with E-state index in [4.69, 9.17) is 9.84 Å². The van der Waals surface area contributed by atoms with Crippen molar-refractivity contribution in [1.29, 1.82) is 0 Å². The van der Waals surface area contributed by atoms with Gasteiger partial charge in [-0.3, -0.25) is 9.48 Å². The Morgan fingerprint density at radius 3 is 2.96 bits per heavy atom. The molecule has 148 valence electrons. The summed E-state index contributed by atoms with van der Waals surface area (Å²) in [5, 5.41) is 5.13. The summed E-state index contributed by atoms with van der Waals surface area (Å²) in [6, 6.07) is 6.82. The zero-order valence-electron chi connectivity index (χ0n) is 16.2. The van der Waals surface area contributed by atoms with Crippen LogP contribution in [-0.4, -0.2) is 46.9 Å². The topological polar surface area (TPSA) is 50.6 Å². The number of halogens is 1. The molecule has 0 spiro atoms. The average Bonchev–Trinajstić information content (AvgIpc) is 3.34. The number of hydrogen-bond acceptors (Lipinski definition) is 4. The molecule has 1 aromatic heterocycles. The minimum Gasteiger partial charge on any atom is -0.379 e. The molecule has 1 fully saturated rings. The van der Waals surface area contributed by atoms with Crippen molar-refractivity contribution < 1.29 is 9.53 Å². The fourth-order valence-corrected chi connectivity index (χ4v) is 5.13. The standard InChI is InChI=1S/C21H25BrN4O2/c1-14(27)24-9-6-20-18(12-24)21(23-26(20)17-7-10-28-13-17)25-8-2-3-15-11-16(22)4-5-19(15)25/h4-5,11,17H,2-3,6-10,12-13H2,1H3/t17-/m0/s1. The van der Waals surface area contributed by atoms with Gasteiger partial charge in [0.15, 0.2) is 5.82 Å². The summed E-state index contributed by atoms with van der Waals surface area (Å²) in [7, 11) is 0. The number of carbonyl (C=O) groups is 1. The lowest BCUT2D eigenvalue weighted by Gasteiger charge is -2.32.